The van der Waals surface area contributed by atoms with E-state index in [0.29, 0.717) is 18.7 Å². The standard InChI is InChI=1S/C13H19FN2O2S/c1-10-2-3-11(14)8-12(10)19(17,18)16-9-13(4-5-13)6-7-15/h2-3,8,16H,4-7,9,15H2,1H3. The minimum Gasteiger partial charge on any atom is -0.330 e. The van der Waals surface area contributed by atoms with Gasteiger partial charge in [-0.25, -0.2) is 17.5 Å². The van der Waals surface area contributed by atoms with Crippen LogP contribution in [0.1, 0.15) is 24.8 Å². The van der Waals surface area contributed by atoms with Gasteiger partial charge in [0.15, 0.2) is 0 Å². The van der Waals surface area contributed by atoms with Crippen molar-refractivity contribution in [1.82, 2.24) is 4.72 Å². The van der Waals surface area contributed by atoms with E-state index in [1.165, 1.54) is 12.1 Å². The minimum absolute atomic E-state index is 0.0102. The van der Waals surface area contributed by atoms with Gasteiger partial charge in [-0.05, 0) is 55.8 Å². The van der Waals surface area contributed by atoms with Crippen molar-refractivity contribution >= 4 is 10.0 Å². The van der Waals surface area contributed by atoms with Gasteiger partial charge in [0.2, 0.25) is 10.0 Å². The van der Waals surface area contributed by atoms with E-state index in [1.54, 1.807) is 6.92 Å². The van der Waals surface area contributed by atoms with Crippen LogP contribution in [0.4, 0.5) is 4.39 Å². The van der Waals surface area contributed by atoms with Crippen LogP contribution < -0.4 is 10.5 Å². The first kappa shape index (κ1) is 14.4. The largest absolute Gasteiger partial charge is 0.330 e. The van der Waals surface area contributed by atoms with Gasteiger partial charge in [0.25, 0.3) is 0 Å². The van der Waals surface area contributed by atoms with Crippen molar-refractivity contribution in [3.63, 3.8) is 0 Å². The van der Waals surface area contributed by atoms with E-state index in [0.717, 1.165) is 25.3 Å². The van der Waals surface area contributed by atoms with Crippen LogP contribution in [-0.2, 0) is 10.0 Å². The molecule has 0 heterocycles. The van der Waals surface area contributed by atoms with Crippen LogP contribution in [0.25, 0.3) is 0 Å². The molecule has 4 nitrogen and oxygen atoms in total. The van der Waals surface area contributed by atoms with Gasteiger partial charge in [0.1, 0.15) is 5.82 Å². The van der Waals surface area contributed by atoms with Gasteiger partial charge in [0.05, 0.1) is 4.90 Å². The fourth-order valence-corrected chi connectivity index (χ4v) is 3.60. The Hall–Kier alpha value is -0.980. The summed E-state index contributed by atoms with van der Waals surface area (Å²) in [6, 6.07) is 3.78. The van der Waals surface area contributed by atoms with Crippen LogP contribution in [0.15, 0.2) is 23.1 Å². The molecule has 0 spiro atoms. The van der Waals surface area contributed by atoms with E-state index >= 15 is 0 Å². The zero-order chi connectivity index (χ0) is 14.1. The first-order chi connectivity index (χ1) is 8.88. The molecule has 0 amide bonds. The summed E-state index contributed by atoms with van der Waals surface area (Å²) < 4.78 is 40.1. The van der Waals surface area contributed by atoms with Crippen LogP contribution in [0.3, 0.4) is 0 Å². The molecule has 0 atom stereocenters. The molecule has 1 saturated carbocycles. The first-order valence-electron chi connectivity index (χ1n) is 6.34. The number of rotatable bonds is 6. The summed E-state index contributed by atoms with van der Waals surface area (Å²) in [6.07, 6.45) is 2.81. The molecular formula is C13H19FN2O2S. The predicted molar refractivity (Wildman–Crippen MR) is 71.7 cm³/mol. The molecule has 0 radical (unpaired) electrons. The van der Waals surface area contributed by atoms with Gasteiger partial charge < -0.3 is 5.73 Å². The van der Waals surface area contributed by atoms with Crippen LogP contribution in [0, 0.1) is 18.2 Å². The van der Waals surface area contributed by atoms with Gasteiger partial charge >= 0.3 is 0 Å². The van der Waals surface area contributed by atoms with Crippen LogP contribution in [-0.4, -0.2) is 21.5 Å². The topological polar surface area (TPSA) is 72.2 Å². The van der Waals surface area contributed by atoms with Crippen molar-refractivity contribution in [1.29, 1.82) is 0 Å². The molecule has 0 bridgehead atoms. The number of benzene rings is 1. The lowest BCUT2D eigenvalue weighted by Gasteiger charge is -2.16. The minimum atomic E-state index is -3.66. The summed E-state index contributed by atoms with van der Waals surface area (Å²) in [7, 11) is -3.66. The van der Waals surface area contributed by atoms with Crippen LogP contribution in [0.2, 0.25) is 0 Å². The molecule has 1 aromatic carbocycles. The number of nitrogens with one attached hydrogen (secondary N) is 1. The molecule has 0 aromatic heterocycles. The van der Waals surface area contributed by atoms with Gasteiger partial charge in [-0.3, -0.25) is 0 Å². The maximum absolute atomic E-state index is 13.2. The molecule has 1 aliphatic carbocycles. The molecule has 19 heavy (non-hydrogen) atoms. The van der Waals surface area contributed by atoms with E-state index in [9.17, 15) is 12.8 Å². The Morgan fingerprint density at radius 3 is 2.68 bits per heavy atom. The van der Waals surface area contributed by atoms with Crippen molar-refractivity contribution in [3.05, 3.63) is 29.6 Å². The second-order valence-corrected chi connectivity index (χ2v) is 7.01. The summed E-state index contributed by atoms with van der Waals surface area (Å²) in [4.78, 5) is 0.0102. The smallest absolute Gasteiger partial charge is 0.240 e. The van der Waals surface area contributed by atoms with E-state index in [2.05, 4.69) is 4.72 Å². The average molecular weight is 286 g/mol. The number of aryl methyl sites for hydroxylation is 1. The number of hydrogen-bond donors (Lipinski definition) is 2. The fourth-order valence-electron chi connectivity index (χ4n) is 2.19. The van der Waals surface area contributed by atoms with Crippen molar-refractivity contribution in [3.8, 4) is 0 Å². The Bertz CT molecular complexity index is 568. The summed E-state index contributed by atoms with van der Waals surface area (Å²) in [5, 5.41) is 0. The lowest BCUT2D eigenvalue weighted by atomic mass is 10.0. The first-order valence-corrected chi connectivity index (χ1v) is 7.83. The predicted octanol–water partition coefficient (Wildman–Crippen LogP) is 1.54. The molecule has 106 valence electrons. The van der Waals surface area contributed by atoms with E-state index in [-0.39, 0.29) is 10.3 Å². The Kier molecular flexibility index (Phi) is 3.94. The highest BCUT2D eigenvalue weighted by Crippen LogP contribution is 2.47. The van der Waals surface area contributed by atoms with Crippen molar-refractivity contribution in [2.24, 2.45) is 11.1 Å². The molecule has 0 saturated heterocycles. The zero-order valence-electron chi connectivity index (χ0n) is 10.9. The molecule has 6 heteroatoms. The summed E-state index contributed by atoms with van der Waals surface area (Å²) in [5.74, 6) is -0.547. The molecule has 0 aliphatic heterocycles. The summed E-state index contributed by atoms with van der Waals surface area (Å²) >= 11 is 0. The van der Waals surface area contributed by atoms with Crippen LogP contribution in [0.5, 0.6) is 0 Å². The Labute approximate surface area is 113 Å². The Balaban J connectivity index is 2.12. The SMILES string of the molecule is Cc1ccc(F)cc1S(=O)(=O)NCC1(CCN)CC1. The molecule has 1 fully saturated rings. The number of halogens is 1. The third-order valence-electron chi connectivity index (χ3n) is 3.71. The second-order valence-electron chi connectivity index (χ2n) is 5.27. The zero-order valence-corrected chi connectivity index (χ0v) is 11.8. The Morgan fingerprint density at radius 1 is 1.42 bits per heavy atom. The lowest BCUT2D eigenvalue weighted by Crippen LogP contribution is -2.31. The third-order valence-corrected chi connectivity index (χ3v) is 5.25. The highest BCUT2D eigenvalue weighted by molar-refractivity contribution is 7.89. The second kappa shape index (κ2) is 5.19. The monoisotopic (exact) mass is 286 g/mol. The maximum atomic E-state index is 13.2. The third kappa shape index (κ3) is 3.32. The molecular weight excluding hydrogens is 267 g/mol. The van der Waals surface area contributed by atoms with Crippen molar-refractivity contribution < 1.29 is 12.8 Å². The van der Waals surface area contributed by atoms with E-state index < -0.39 is 15.8 Å². The number of hydrogen-bond acceptors (Lipinski definition) is 3. The highest BCUT2D eigenvalue weighted by atomic mass is 32.2. The normalized spacial score (nSPS) is 17.4. The van der Waals surface area contributed by atoms with Crippen LogP contribution >= 0.6 is 0 Å². The van der Waals surface area contributed by atoms with Gasteiger partial charge in [-0.2, -0.15) is 0 Å². The van der Waals surface area contributed by atoms with E-state index in [4.69, 9.17) is 5.73 Å². The molecule has 3 N–H and O–H groups in total. The van der Waals surface area contributed by atoms with E-state index in [1.807, 2.05) is 0 Å². The Morgan fingerprint density at radius 2 is 2.11 bits per heavy atom. The highest BCUT2D eigenvalue weighted by Gasteiger charge is 2.42. The van der Waals surface area contributed by atoms with Crippen molar-refractivity contribution in [2.75, 3.05) is 13.1 Å². The van der Waals surface area contributed by atoms with Gasteiger partial charge in [-0.1, -0.05) is 6.07 Å². The molecule has 0 unspecified atom stereocenters. The van der Waals surface area contributed by atoms with Gasteiger partial charge in [-0.15, -0.1) is 0 Å². The molecule has 1 aliphatic rings. The quantitative estimate of drug-likeness (QED) is 0.833. The average Bonchev–Trinajstić information content (AvgIpc) is 3.11. The maximum Gasteiger partial charge on any atom is 0.240 e. The number of nitrogens with two attached hydrogens (primary N) is 1. The number of sulfonamides is 1. The van der Waals surface area contributed by atoms with Gasteiger partial charge in [0, 0.05) is 6.54 Å². The molecule has 2 rings (SSSR count). The fraction of sp³-hybridized carbons (Fsp3) is 0.538. The summed E-state index contributed by atoms with van der Waals surface area (Å²) in [6.45, 7) is 2.59. The lowest BCUT2D eigenvalue weighted by molar-refractivity contribution is 0.461. The summed E-state index contributed by atoms with van der Waals surface area (Å²) in [5.41, 5.74) is 6.08. The van der Waals surface area contributed by atoms with Crippen molar-refractivity contribution in [2.45, 2.75) is 31.1 Å². The molecule has 1 aromatic rings.